The normalized spacial score (nSPS) is 20.5. The van der Waals surface area contributed by atoms with Crippen LogP contribution in [0.15, 0.2) is 35.9 Å². The van der Waals surface area contributed by atoms with Gasteiger partial charge in [-0.1, -0.05) is 36.6 Å². The molecule has 2 unspecified atom stereocenters. The molecular weight excluding hydrogens is 413 g/mol. The van der Waals surface area contributed by atoms with Crippen molar-refractivity contribution in [2.45, 2.75) is 50.9 Å². The van der Waals surface area contributed by atoms with Crippen molar-refractivity contribution in [2.75, 3.05) is 19.8 Å². The average Bonchev–Trinajstić information content (AvgIpc) is 3.48. The third-order valence-corrected chi connectivity index (χ3v) is 5.32. The fourth-order valence-electron chi connectivity index (χ4n) is 3.57. The van der Waals surface area contributed by atoms with Crippen LogP contribution < -0.4 is 15.4 Å². The highest BCUT2D eigenvalue weighted by Gasteiger charge is 2.38. The van der Waals surface area contributed by atoms with Crippen LogP contribution >= 0.6 is 0 Å². The highest BCUT2D eigenvalue weighted by Crippen LogP contribution is 2.41. The largest absolute Gasteiger partial charge is 0.492 e. The van der Waals surface area contributed by atoms with Crippen LogP contribution in [0.5, 0.6) is 5.75 Å². The van der Waals surface area contributed by atoms with Crippen LogP contribution in [-0.4, -0.2) is 43.9 Å². The number of hydrogen-bond donors (Lipinski definition) is 2. The molecule has 0 bridgehead atoms. The van der Waals surface area contributed by atoms with Crippen LogP contribution in [0.4, 0.5) is 13.2 Å². The zero-order valence-electron chi connectivity index (χ0n) is 17.2. The number of carbonyl (C=O) groups is 2. The quantitative estimate of drug-likeness (QED) is 0.457. The van der Waals surface area contributed by atoms with Gasteiger partial charge < -0.3 is 20.1 Å². The van der Waals surface area contributed by atoms with E-state index in [2.05, 4.69) is 11.4 Å². The molecule has 31 heavy (non-hydrogen) atoms. The smallest absolute Gasteiger partial charge is 0.471 e. The van der Waals surface area contributed by atoms with Crippen molar-refractivity contribution in [3.8, 4) is 5.75 Å². The first-order valence-electron chi connectivity index (χ1n) is 10.5. The van der Waals surface area contributed by atoms with Gasteiger partial charge in [-0.15, -0.1) is 0 Å². The van der Waals surface area contributed by atoms with Gasteiger partial charge >= 0.3 is 12.1 Å². The number of amides is 2. The first kappa shape index (κ1) is 23.1. The summed E-state index contributed by atoms with van der Waals surface area (Å²) in [5.74, 6) is -1.29. The van der Waals surface area contributed by atoms with Crippen molar-refractivity contribution < 1.29 is 32.2 Å². The van der Waals surface area contributed by atoms with Crippen LogP contribution in [-0.2, 0) is 20.9 Å². The summed E-state index contributed by atoms with van der Waals surface area (Å²) in [6.07, 6.45) is 3.18. The van der Waals surface area contributed by atoms with Crippen LogP contribution in [0.2, 0.25) is 0 Å². The van der Waals surface area contributed by atoms with E-state index < -0.39 is 12.1 Å². The molecular formula is C22H27F3N2O4. The van der Waals surface area contributed by atoms with Gasteiger partial charge in [-0.2, -0.15) is 13.2 Å². The number of halogens is 3. The number of nitrogens with one attached hydrogen (secondary N) is 2. The molecule has 3 rings (SSSR count). The minimum absolute atomic E-state index is 0.0348. The fourth-order valence-corrected chi connectivity index (χ4v) is 3.57. The number of hydrogen-bond acceptors (Lipinski definition) is 4. The second-order valence-corrected chi connectivity index (χ2v) is 7.74. The standard InChI is InChI=1S/C22H27F3N2O4/c23-22(24,25)21(29)26-10-11-30-17-8-6-15(7-9-17)13-27-20(28)14-31-19-5-3-1-2-4-16-12-18(16)19/h6-9,12,18-19H,1-5,10-11,13-14H2,(H,26,29)(H,27,28). The summed E-state index contributed by atoms with van der Waals surface area (Å²) in [6.45, 7) is 0.0256. The van der Waals surface area contributed by atoms with Gasteiger partial charge in [0, 0.05) is 12.5 Å². The topological polar surface area (TPSA) is 76.7 Å². The second-order valence-electron chi connectivity index (χ2n) is 7.74. The van der Waals surface area contributed by atoms with Crippen molar-refractivity contribution in [3.05, 3.63) is 41.5 Å². The number of alkyl halides is 3. The molecule has 9 heteroatoms. The summed E-state index contributed by atoms with van der Waals surface area (Å²) in [4.78, 5) is 22.8. The van der Waals surface area contributed by atoms with E-state index in [1.807, 2.05) is 0 Å². The third-order valence-electron chi connectivity index (χ3n) is 5.32. The molecule has 0 radical (unpaired) electrons. The van der Waals surface area contributed by atoms with E-state index in [0.717, 1.165) is 24.8 Å². The molecule has 2 amide bonds. The fraction of sp³-hybridized carbons (Fsp3) is 0.545. The van der Waals surface area contributed by atoms with Crippen molar-refractivity contribution >= 4 is 11.8 Å². The van der Waals surface area contributed by atoms with Gasteiger partial charge in [-0.05, 0) is 37.0 Å². The maximum Gasteiger partial charge on any atom is 0.471 e. The predicted molar refractivity (Wildman–Crippen MR) is 107 cm³/mol. The summed E-state index contributed by atoms with van der Waals surface area (Å²) >= 11 is 0. The van der Waals surface area contributed by atoms with E-state index in [9.17, 15) is 22.8 Å². The average molecular weight is 440 g/mol. The van der Waals surface area contributed by atoms with E-state index in [1.54, 1.807) is 29.6 Å². The molecule has 2 atom stereocenters. The Kier molecular flexibility index (Phi) is 7.95. The Balaban J connectivity index is 1.30. The molecule has 2 aliphatic carbocycles. The van der Waals surface area contributed by atoms with Gasteiger partial charge in [-0.3, -0.25) is 9.59 Å². The van der Waals surface area contributed by atoms with E-state index in [0.29, 0.717) is 18.2 Å². The highest BCUT2D eigenvalue weighted by molar-refractivity contribution is 5.81. The monoisotopic (exact) mass is 440 g/mol. The molecule has 2 N–H and O–H groups in total. The third kappa shape index (κ3) is 7.57. The molecule has 1 aromatic rings. The molecule has 0 spiro atoms. The van der Waals surface area contributed by atoms with Crippen LogP contribution in [0, 0.1) is 5.92 Å². The van der Waals surface area contributed by atoms with E-state index in [1.165, 1.54) is 18.4 Å². The van der Waals surface area contributed by atoms with Crippen molar-refractivity contribution in [1.29, 1.82) is 0 Å². The van der Waals surface area contributed by atoms with E-state index in [-0.39, 0.29) is 31.8 Å². The second kappa shape index (κ2) is 10.7. The number of fused-ring (bicyclic) bond motifs is 1. The van der Waals surface area contributed by atoms with Crippen LogP contribution in [0.3, 0.4) is 0 Å². The van der Waals surface area contributed by atoms with Gasteiger partial charge in [0.2, 0.25) is 5.91 Å². The Hall–Kier alpha value is -2.55. The predicted octanol–water partition coefficient (Wildman–Crippen LogP) is 3.27. The van der Waals surface area contributed by atoms with E-state index >= 15 is 0 Å². The van der Waals surface area contributed by atoms with Gasteiger partial charge in [0.15, 0.2) is 0 Å². The Morgan fingerprint density at radius 1 is 1.06 bits per heavy atom. The molecule has 0 aliphatic heterocycles. The molecule has 0 aromatic heterocycles. The summed E-state index contributed by atoms with van der Waals surface area (Å²) in [5, 5.41) is 4.55. The summed E-state index contributed by atoms with van der Waals surface area (Å²) in [5.41, 5.74) is 2.32. The first-order chi connectivity index (χ1) is 14.8. The summed E-state index contributed by atoms with van der Waals surface area (Å²) in [6, 6.07) is 6.80. The number of carbonyl (C=O) groups excluding carboxylic acids is 2. The SMILES string of the molecule is O=C(COC1CCCCCC2=CC21)NCc1ccc(OCCNC(=O)C(F)(F)F)cc1. The lowest BCUT2D eigenvalue weighted by atomic mass is 9.97. The highest BCUT2D eigenvalue weighted by atomic mass is 19.4. The van der Waals surface area contributed by atoms with Gasteiger partial charge in [0.25, 0.3) is 0 Å². The molecule has 1 saturated carbocycles. The zero-order valence-corrected chi connectivity index (χ0v) is 17.2. The molecule has 1 fully saturated rings. The molecule has 2 aliphatic rings. The first-order valence-corrected chi connectivity index (χ1v) is 10.5. The lowest BCUT2D eigenvalue weighted by molar-refractivity contribution is -0.173. The van der Waals surface area contributed by atoms with Gasteiger partial charge in [0.05, 0.1) is 12.6 Å². The lowest BCUT2D eigenvalue weighted by Gasteiger charge is -2.20. The van der Waals surface area contributed by atoms with Crippen molar-refractivity contribution in [3.63, 3.8) is 0 Å². The zero-order chi connectivity index (χ0) is 22.3. The number of rotatable bonds is 9. The lowest BCUT2D eigenvalue weighted by Crippen LogP contribution is -2.38. The van der Waals surface area contributed by atoms with E-state index in [4.69, 9.17) is 9.47 Å². The van der Waals surface area contributed by atoms with Gasteiger partial charge in [-0.25, -0.2) is 0 Å². The van der Waals surface area contributed by atoms with Crippen molar-refractivity contribution in [2.24, 2.45) is 5.92 Å². The molecule has 0 saturated heterocycles. The number of ether oxygens (including phenoxy) is 2. The van der Waals surface area contributed by atoms with Crippen molar-refractivity contribution in [1.82, 2.24) is 10.6 Å². The maximum atomic E-state index is 12.1. The number of benzene rings is 1. The summed E-state index contributed by atoms with van der Waals surface area (Å²) in [7, 11) is 0. The Bertz CT molecular complexity index is 793. The minimum atomic E-state index is -4.90. The minimum Gasteiger partial charge on any atom is -0.492 e. The molecule has 6 nitrogen and oxygen atoms in total. The van der Waals surface area contributed by atoms with Crippen LogP contribution in [0.25, 0.3) is 0 Å². The Morgan fingerprint density at radius 2 is 1.84 bits per heavy atom. The van der Waals surface area contributed by atoms with Gasteiger partial charge in [0.1, 0.15) is 19.0 Å². The summed E-state index contributed by atoms with van der Waals surface area (Å²) < 4.78 is 47.4. The Morgan fingerprint density at radius 3 is 2.58 bits per heavy atom. The molecule has 1 aromatic carbocycles. The maximum absolute atomic E-state index is 12.1. The molecule has 0 heterocycles. The van der Waals surface area contributed by atoms with Crippen LogP contribution in [0.1, 0.15) is 37.7 Å². The molecule has 170 valence electrons. The Labute approximate surface area is 179 Å².